The number of hydrogen-bond donors (Lipinski definition) is 1. The summed E-state index contributed by atoms with van der Waals surface area (Å²) in [5.74, 6) is 0.207. The summed E-state index contributed by atoms with van der Waals surface area (Å²) in [6.07, 6.45) is 2.83. The molecule has 1 aromatic rings. The third-order valence-corrected chi connectivity index (χ3v) is 4.37. The van der Waals surface area contributed by atoms with Crippen LogP contribution in [0.4, 0.5) is 0 Å². The summed E-state index contributed by atoms with van der Waals surface area (Å²) >= 11 is 0. The van der Waals surface area contributed by atoms with Gasteiger partial charge in [-0.15, -0.1) is 0 Å². The van der Waals surface area contributed by atoms with Gasteiger partial charge in [-0.05, 0) is 31.4 Å². The van der Waals surface area contributed by atoms with Crippen molar-refractivity contribution in [1.29, 1.82) is 0 Å². The minimum atomic E-state index is -0.172. The molecule has 0 atom stereocenters. The summed E-state index contributed by atoms with van der Waals surface area (Å²) in [4.78, 5) is 14.3. The van der Waals surface area contributed by atoms with Gasteiger partial charge in [0, 0.05) is 13.1 Å². The van der Waals surface area contributed by atoms with Crippen LogP contribution in [0.3, 0.4) is 0 Å². The molecule has 20 heavy (non-hydrogen) atoms. The van der Waals surface area contributed by atoms with Crippen LogP contribution in [0.15, 0.2) is 18.2 Å². The number of phenolic OH excluding ortho intramolecular Hbond substituents is 1. The Morgan fingerprint density at radius 2 is 2.05 bits per heavy atom. The van der Waals surface area contributed by atoms with Crippen LogP contribution in [0.1, 0.15) is 29.6 Å². The van der Waals surface area contributed by atoms with Gasteiger partial charge in [-0.1, -0.05) is 6.07 Å². The molecule has 2 fully saturated rings. The van der Waals surface area contributed by atoms with Gasteiger partial charge in [-0.3, -0.25) is 4.79 Å². The molecule has 0 aliphatic carbocycles. The molecule has 1 aromatic carbocycles. The summed E-state index contributed by atoms with van der Waals surface area (Å²) < 4.78 is 10.8. The molecule has 5 heteroatoms. The number of piperidine rings is 1. The van der Waals surface area contributed by atoms with E-state index in [-0.39, 0.29) is 22.8 Å². The van der Waals surface area contributed by atoms with E-state index >= 15 is 0 Å². The van der Waals surface area contributed by atoms with E-state index in [0.29, 0.717) is 18.8 Å². The lowest BCUT2D eigenvalue weighted by molar-refractivity contribution is -0.169. The minimum Gasteiger partial charge on any atom is -0.507 e. The molecule has 2 aliphatic heterocycles. The third-order valence-electron chi connectivity index (χ3n) is 4.37. The van der Waals surface area contributed by atoms with Gasteiger partial charge in [0.05, 0.1) is 19.3 Å². The Bertz CT molecular complexity index is 515. The standard InChI is InChI=1S/C15H19NO4/c1-19-12-4-2-3-11(17)13(12)14(18)16-8-5-15(6-9-16)7-10-20-15/h2-4,17H,5-10H2,1H3. The van der Waals surface area contributed by atoms with E-state index in [9.17, 15) is 9.90 Å². The first-order chi connectivity index (χ1) is 9.65. The Hall–Kier alpha value is -1.75. The maximum absolute atomic E-state index is 12.6. The van der Waals surface area contributed by atoms with E-state index < -0.39 is 0 Å². The van der Waals surface area contributed by atoms with Crippen LogP contribution in [-0.4, -0.2) is 48.3 Å². The molecule has 1 spiro atoms. The van der Waals surface area contributed by atoms with E-state index in [1.807, 2.05) is 0 Å². The maximum atomic E-state index is 12.6. The molecular formula is C15H19NO4. The van der Waals surface area contributed by atoms with Crippen molar-refractivity contribution < 1.29 is 19.4 Å². The van der Waals surface area contributed by atoms with Gasteiger partial charge in [0.15, 0.2) is 0 Å². The highest BCUT2D eigenvalue weighted by Crippen LogP contribution is 2.38. The van der Waals surface area contributed by atoms with Crippen LogP contribution in [-0.2, 0) is 4.74 Å². The van der Waals surface area contributed by atoms with Gasteiger partial charge >= 0.3 is 0 Å². The Morgan fingerprint density at radius 1 is 1.35 bits per heavy atom. The van der Waals surface area contributed by atoms with Crippen molar-refractivity contribution in [3.63, 3.8) is 0 Å². The van der Waals surface area contributed by atoms with E-state index in [4.69, 9.17) is 9.47 Å². The van der Waals surface area contributed by atoms with E-state index in [2.05, 4.69) is 0 Å². The van der Waals surface area contributed by atoms with E-state index in [0.717, 1.165) is 25.9 Å². The minimum absolute atomic E-state index is 0.0135. The van der Waals surface area contributed by atoms with Crippen molar-refractivity contribution in [3.8, 4) is 11.5 Å². The molecule has 1 amide bonds. The molecule has 1 N–H and O–H groups in total. The fraction of sp³-hybridized carbons (Fsp3) is 0.533. The molecular weight excluding hydrogens is 258 g/mol. The predicted octanol–water partition coefficient (Wildman–Crippen LogP) is 1.80. The van der Waals surface area contributed by atoms with Gasteiger partial charge < -0.3 is 19.5 Å². The van der Waals surface area contributed by atoms with Crippen LogP contribution >= 0.6 is 0 Å². The highest BCUT2D eigenvalue weighted by atomic mass is 16.5. The van der Waals surface area contributed by atoms with Gasteiger partial charge in [0.1, 0.15) is 17.1 Å². The molecule has 5 nitrogen and oxygen atoms in total. The zero-order valence-electron chi connectivity index (χ0n) is 11.6. The molecule has 2 heterocycles. The molecule has 0 saturated carbocycles. The average molecular weight is 277 g/mol. The van der Waals surface area contributed by atoms with Crippen molar-refractivity contribution in [2.75, 3.05) is 26.8 Å². The van der Waals surface area contributed by atoms with Gasteiger partial charge in [-0.25, -0.2) is 0 Å². The lowest BCUT2D eigenvalue weighted by atomic mass is 9.84. The normalized spacial score (nSPS) is 20.6. The van der Waals surface area contributed by atoms with Crippen LogP contribution in [0.25, 0.3) is 0 Å². The molecule has 108 valence electrons. The Labute approximate surface area is 118 Å². The van der Waals surface area contributed by atoms with E-state index in [1.54, 1.807) is 17.0 Å². The van der Waals surface area contributed by atoms with Crippen molar-refractivity contribution in [2.24, 2.45) is 0 Å². The van der Waals surface area contributed by atoms with Crippen molar-refractivity contribution in [3.05, 3.63) is 23.8 Å². The highest BCUT2D eigenvalue weighted by molar-refractivity contribution is 5.99. The smallest absolute Gasteiger partial charge is 0.261 e. The first-order valence-corrected chi connectivity index (χ1v) is 6.94. The molecule has 2 saturated heterocycles. The van der Waals surface area contributed by atoms with Crippen molar-refractivity contribution in [2.45, 2.75) is 24.9 Å². The fourth-order valence-corrected chi connectivity index (χ4v) is 2.97. The third kappa shape index (κ3) is 2.12. The molecule has 0 aromatic heterocycles. The predicted molar refractivity (Wildman–Crippen MR) is 73.1 cm³/mol. The lowest BCUT2D eigenvalue weighted by Crippen LogP contribution is -2.53. The van der Waals surface area contributed by atoms with Crippen LogP contribution < -0.4 is 4.74 Å². The Balaban J connectivity index is 1.76. The van der Waals surface area contributed by atoms with Gasteiger partial charge in [-0.2, -0.15) is 0 Å². The quantitative estimate of drug-likeness (QED) is 0.895. The number of likely N-dealkylation sites (tertiary alicyclic amines) is 1. The van der Waals surface area contributed by atoms with Gasteiger partial charge in [0.2, 0.25) is 0 Å². The molecule has 3 rings (SSSR count). The first-order valence-electron chi connectivity index (χ1n) is 6.94. The number of carbonyl (C=O) groups excluding carboxylic acids is 1. The number of nitrogens with zero attached hydrogens (tertiary/aromatic N) is 1. The molecule has 0 bridgehead atoms. The first kappa shape index (κ1) is 13.2. The van der Waals surface area contributed by atoms with Crippen LogP contribution in [0, 0.1) is 0 Å². The molecule has 0 unspecified atom stereocenters. The number of aromatic hydroxyl groups is 1. The second kappa shape index (κ2) is 4.98. The summed E-state index contributed by atoms with van der Waals surface area (Å²) in [6.45, 7) is 2.16. The van der Waals surface area contributed by atoms with Crippen LogP contribution in [0.5, 0.6) is 11.5 Å². The number of carbonyl (C=O) groups is 1. The number of phenols is 1. The SMILES string of the molecule is COc1cccc(O)c1C(=O)N1CCC2(CCO2)CC1. The monoisotopic (exact) mass is 277 g/mol. The topological polar surface area (TPSA) is 59.0 Å². The molecule has 0 radical (unpaired) electrons. The largest absolute Gasteiger partial charge is 0.507 e. The Kier molecular flexibility index (Phi) is 3.30. The van der Waals surface area contributed by atoms with Crippen molar-refractivity contribution in [1.82, 2.24) is 4.90 Å². The zero-order valence-corrected chi connectivity index (χ0v) is 11.6. The lowest BCUT2D eigenvalue weighted by Gasteiger charge is -2.47. The Morgan fingerprint density at radius 3 is 2.60 bits per heavy atom. The number of amides is 1. The summed E-state index contributed by atoms with van der Waals surface area (Å²) in [6, 6.07) is 4.86. The zero-order chi connectivity index (χ0) is 14.2. The fourth-order valence-electron chi connectivity index (χ4n) is 2.97. The van der Waals surface area contributed by atoms with E-state index in [1.165, 1.54) is 13.2 Å². The number of hydrogen-bond acceptors (Lipinski definition) is 4. The average Bonchev–Trinajstić information content (AvgIpc) is 2.44. The van der Waals surface area contributed by atoms with Crippen molar-refractivity contribution >= 4 is 5.91 Å². The van der Waals surface area contributed by atoms with Crippen LogP contribution in [0.2, 0.25) is 0 Å². The highest BCUT2D eigenvalue weighted by Gasteiger charge is 2.42. The maximum Gasteiger partial charge on any atom is 0.261 e. The number of benzene rings is 1. The molecule has 2 aliphatic rings. The number of ether oxygens (including phenoxy) is 2. The van der Waals surface area contributed by atoms with Gasteiger partial charge in [0.25, 0.3) is 5.91 Å². The number of methoxy groups -OCH3 is 1. The number of rotatable bonds is 2. The second-order valence-corrected chi connectivity index (χ2v) is 5.43. The summed E-state index contributed by atoms with van der Waals surface area (Å²) in [5, 5.41) is 9.93. The second-order valence-electron chi connectivity index (χ2n) is 5.43. The summed E-state index contributed by atoms with van der Waals surface area (Å²) in [7, 11) is 1.50. The summed E-state index contributed by atoms with van der Waals surface area (Å²) in [5.41, 5.74) is 0.264.